The second-order valence-electron chi connectivity index (χ2n) is 13.4. The van der Waals surface area contributed by atoms with E-state index in [-0.39, 0.29) is 0 Å². The zero-order valence-electron chi connectivity index (χ0n) is 28.0. The zero-order valence-corrected chi connectivity index (χ0v) is 28.0. The van der Waals surface area contributed by atoms with E-state index in [1.807, 2.05) is 54.6 Å². The number of aryl methyl sites for hydroxylation is 1. The number of oxazole rings is 1. The van der Waals surface area contributed by atoms with Crippen LogP contribution in [0.15, 0.2) is 171 Å². The van der Waals surface area contributed by atoms with Crippen molar-refractivity contribution in [2.45, 2.75) is 12.8 Å². The Bertz CT molecular complexity index is 3020. The molecule has 0 fully saturated rings. The molecular formula is C47H30N2O3. The maximum atomic E-state index is 6.55. The van der Waals surface area contributed by atoms with Crippen molar-refractivity contribution >= 4 is 77.6 Å². The Balaban J connectivity index is 1.07. The summed E-state index contributed by atoms with van der Waals surface area (Å²) in [5.74, 6) is 0.596. The highest BCUT2D eigenvalue weighted by molar-refractivity contribution is 6.17. The van der Waals surface area contributed by atoms with E-state index in [9.17, 15) is 0 Å². The van der Waals surface area contributed by atoms with Crippen LogP contribution in [0.5, 0.6) is 0 Å². The zero-order chi connectivity index (χ0) is 34.2. The van der Waals surface area contributed by atoms with E-state index >= 15 is 0 Å². The first-order chi connectivity index (χ1) is 25.7. The average molecular weight is 671 g/mol. The Labute approximate surface area is 298 Å². The summed E-state index contributed by atoms with van der Waals surface area (Å²) in [6.45, 7) is 0. The average Bonchev–Trinajstić information content (AvgIpc) is 3.91. The third kappa shape index (κ3) is 4.53. The van der Waals surface area contributed by atoms with Gasteiger partial charge in [0, 0.05) is 44.9 Å². The highest BCUT2D eigenvalue weighted by atomic mass is 16.4. The molecule has 0 radical (unpaired) electrons. The lowest BCUT2D eigenvalue weighted by atomic mass is 9.87. The molecule has 3 aromatic heterocycles. The molecular weight excluding hydrogens is 641 g/mol. The van der Waals surface area contributed by atoms with Gasteiger partial charge in [-0.25, -0.2) is 4.98 Å². The van der Waals surface area contributed by atoms with Crippen LogP contribution in [0.4, 0.5) is 17.1 Å². The summed E-state index contributed by atoms with van der Waals surface area (Å²) in [7, 11) is 0. The van der Waals surface area contributed by atoms with Gasteiger partial charge in [0.05, 0.1) is 5.39 Å². The Kier molecular flexibility index (Phi) is 6.31. The van der Waals surface area contributed by atoms with E-state index in [1.54, 1.807) is 0 Å². The molecule has 0 saturated carbocycles. The van der Waals surface area contributed by atoms with Crippen LogP contribution in [0, 0.1) is 0 Å². The first-order valence-corrected chi connectivity index (χ1v) is 17.7. The van der Waals surface area contributed by atoms with Crippen LogP contribution in [0.25, 0.3) is 72.0 Å². The van der Waals surface area contributed by atoms with Crippen LogP contribution in [0.1, 0.15) is 23.1 Å². The van der Waals surface area contributed by atoms with E-state index in [1.165, 1.54) is 22.3 Å². The lowest BCUT2D eigenvalue weighted by Crippen LogP contribution is -2.10. The number of para-hydroxylation sites is 1. The van der Waals surface area contributed by atoms with Gasteiger partial charge in [-0.05, 0) is 108 Å². The standard InChI is InChI=1S/C47H30N2O3/c1-2-10-31(11-3-1)47-48-40-24-26-43-45(46(40)52-47)38-23-21-34(28-44(38)51-43)49(33-22-25-42-39(27-33)37-14-6-7-16-41(37)50-42)32-19-17-30(18-20-32)36-15-8-12-29-9-4-5-13-35(29)36/h1-7,9-11,13-28H,8,12H2. The van der Waals surface area contributed by atoms with Crippen molar-refractivity contribution in [3.8, 4) is 11.5 Å². The molecule has 1 aliphatic carbocycles. The fraction of sp³-hybridized carbons (Fsp3) is 0.0426. The predicted octanol–water partition coefficient (Wildman–Crippen LogP) is 13.1. The van der Waals surface area contributed by atoms with E-state index in [2.05, 4.69) is 108 Å². The van der Waals surface area contributed by atoms with Gasteiger partial charge < -0.3 is 18.2 Å². The molecule has 0 atom stereocenters. The number of furan rings is 2. The van der Waals surface area contributed by atoms with Crippen molar-refractivity contribution in [2.75, 3.05) is 4.90 Å². The van der Waals surface area contributed by atoms with Crippen LogP contribution in [-0.2, 0) is 6.42 Å². The molecule has 52 heavy (non-hydrogen) atoms. The fourth-order valence-corrected chi connectivity index (χ4v) is 7.92. The third-order valence-electron chi connectivity index (χ3n) is 10.4. The van der Waals surface area contributed by atoms with Crippen LogP contribution < -0.4 is 4.90 Å². The summed E-state index contributed by atoms with van der Waals surface area (Å²) in [6, 6.07) is 52.7. The minimum absolute atomic E-state index is 0.596. The number of hydrogen-bond acceptors (Lipinski definition) is 5. The topological polar surface area (TPSA) is 55.6 Å². The number of anilines is 3. The van der Waals surface area contributed by atoms with Crippen molar-refractivity contribution in [1.82, 2.24) is 4.98 Å². The quantitative estimate of drug-likeness (QED) is 0.182. The van der Waals surface area contributed by atoms with Gasteiger partial charge in [0.25, 0.3) is 0 Å². The summed E-state index contributed by atoms with van der Waals surface area (Å²) in [5.41, 5.74) is 14.0. The van der Waals surface area contributed by atoms with Crippen LogP contribution in [-0.4, -0.2) is 4.98 Å². The first kappa shape index (κ1) is 28.9. The molecule has 0 bridgehead atoms. The van der Waals surface area contributed by atoms with Crippen molar-refractivity contribution in [3.63, 3.8) is 0 Å². The van der Waals surface area contributed by atoms with Crippen molar-refractivity contribution in [3.05, 3.63) is 174 Å². The summed E-state index contributed by atoms with van der Waals surface area (Å²) < 4.78 is 19.2. The normalized spacial score (nSPS) is 13.0. The molecule has 0 N–H and O–H groups in total. The third-order valence-corrected chi connectivity index (χ3v) is 10.4. The van der Waals surface area contributed by atoms with Crippen LogP contribution >= 0.6 is 0 Å². The summed E-state index contributed by atoms with van der Waals surface area (Å²) in [5, 5.41) is 4.08. The molecule has 0 aliphatic heterocycles. The van der Waals surface area contributed by atoms with E-state index in [4.69, 9.17) is 18.2 Å². The highest BCUT2D eigenvalue weighted by Gasteiger charge is 2.21. The Morgan fingerprint density at radius 3 is 2.15 bits per heavy atom. The Morgan fingerprint density at radius 1 is 0.500 bits per heavy atom. The molecule has 10 aromatic rings. The lowest BCUT2D eigenvalue weighted by molar-refractivity contribution is 0.622. The maximum Gasteiger partial charge on any atom is 0.227 e. The van der Waals surface area contributed by atoms with E-state index < -0.39 is 0 Å². The van der Waals surface area contributed by atoms with Gasteiger partial charge in [0.1, 0.15) is 27.8 Å². The summed E-state index contributed by atoms with van der Waals surface area (Å²) in [4.78, 5) is 7.10. The minimum Gasteiger partial charge on any atom is -0.456 e. The second-order valence-corrected chi connectivity index (χ2v) is 13.4. The number of aromatic nitrogens is 1. The molecule has 0 saturated heterocycles. The molecule has 0 unspecified atom stereocenters. The largest absolute Gasteiger partial charge is 0.456 e. The van der Waals surface area contributed by atoms with Crippen LogP contribution in [0.2, 0.25) is 0 Å². The molecule has 1 aliphatic rings. The summed E-state index contributed by atoms with van der Waals surface area (Å²) >= 11 is 0. The van der Waals surface area contributed by atoms with Gasteiger partial charge in [0.2, 0.25) is 5.89 Å². The minimum atomic E-state index is 0.596. The predicted molar refractivity (Wildman–Crippen MR) is 211 cm³/mol. The molecule has 0 spiro atoms. The molecule has 5 nitrogen and oxygen atoms in total. The maximum absolute atomic E-state index is 6.55. The van der Waals surface area contributed by atoms with Gasteiger partial charge in [-0.15, -0.1) is 0 Å². The Morgan fingerprint density at radius 2 is 1.23 bits per heavy atom. The van der Waals surface area contributed by atoms with Gasteiger partial charge in [-0.3, -0.25) is 0 Å². The highest BCUT2D eigenvalue weighted by Crippen LogP contribution is 2.43. The monoisotopic (exact) mass is 670 g/mol. The number of hydrogen-bond donors (Lipinski definition) is 0. The SMILES string of the molecule is C1=C(c2ccc(N(c3ccc4c(c3)oc3ccc5nc(-c6ccccc6)oc5c34)c3ccc4oc5ccccc5c4c3)cc2)c2ccccc2CC1. The molecule has 7 aromatic carbocycles. The van der Waals surface area contributed by atoms with Gasteiger partial charge in [0.15, 0.2) is 5.58 Å². The number of allylic oxidation sites excluding steroid dienone is 1. The van der Waals surface area contributed by atoms with Crippen molar-refractivity contribution in [2.24, 2.45) is 0 Å². The fourth-order valence-electron chi connectivity index (χ4n) is 7.92. The van der Waals surface area contributed by atoms with E-state index in [0.29, 0.717) is 5.89 Å². The van der Waals surface area contributed by atoms with E-state index in [0.717, 1.165) is 90.4 Å². The molecule has 11 rings (SSSR count). The van der Waals surface area contributed by atoms with Crippen LogP contribution in [0.3, 0.4) is 0 Å². The Hall–Kier alpha value is -6.85. The first-order valence-electron chi connectivity index (χ1n) is 17.7. The van der Waals surface area contributed by atoms with Gasteiger partial charge in [-0.1, -0.05) is 78.9 Å². The number of benzene rings is 7. The number of rotatable bonds is 5. The van der Waals surface area contributed by atoms with Gasteiger partial charge >= 0.3 is 0 Å². The number of nitrogens with zero attached hydrogens (tertiary/aromatic N) is 2. The molecule has 5 heteroatoms. The second kappa shape index (κ2) is 11.3. The smallest absolute Gasteiger partial charge is 0.227 e. The lowest BCUT2D eigenvalue weighted by Gasteiger charge is -2.26. The molecule has 246 valence electrons. The van der Waals surface area contributed by atoms with Crippen molar-refractivity contribution < 1.29 is 13.3 Å². The number of fused-ring (bicyclic) bond motifs is 9. The van der Waals surface area contributed by atoms with Gasteiger partial charge in [-0.2, -0.15) is 0 Å². The molecule has 3 heterocycles. The summed E-state index contributed by atoms with van der Waals surface area (Å²) in [6.07, 6.45) is 4.50. The molecule has 0 amide bonds. The van der Waals surface area contributed by atoms with Crippen molar-refractivity contribution in [1.29, 1.82) is 0 Å².